The first-order valence-corrected chi connectivity index (χ1v) is 9.34. The standard InChI is InChI=1S/C20H13FN4OS/c21-15-8-3-1-6-13(15)12-27-20-24-23-18-14-7-2-4-9-16(14)22-19(25(18)20)17-10-5-11-26-17/h1-11H,12H2. The molecule has 2 aromatic carbocycles. The van der Waals surface area contributed by atoms with Gasteiger partial charge < -0.3 is 4.42 Å². The summed E-state index contributed by atoms with van der Waals surface area (Å²) in [5.41, 5.74) is 2.13. The lowest BCUT2D eigenvalue weighted by molar-refractivity contribution is 0.575. The molecular weight excluding hydrogens is 363 g/mol. The van der Waals surface area contributed by atoms with Crippen molar-refractivity contribution in [3.8, 4) is 11.6 Å². The van der Waals surface area contributed by atoms with Crippen LogP contribution in [0.25, 0.3) is 28.1 Å². The Morgan fingerprint density at radius 3 is 2.67 bits per heavy atom. The smallest absolute Gasteiger partial charge is 0.197 e. The average molecular weight is 376 g/mol. The zero-order valence-electron chi connectivity index (χ0n) is 14.0. The summed E-state index contributed by atoms with van der Waals surface area (Å²) in [5.74, 6) is 1.46. The van der Waals surface area contributed by atoms with Gasteiger partial charge in [-0.05, 0) is 35.9 Å². The van der Waals surface area contributed by atoms with Crippen LogP contribution in [0.5, 0.6) is 0 Å². The monoisotopic (exact) mass is 376 g/mol. The molecule has 0 amide bonds. The van der Waals surface area contributed by atoms with Crippen LogP contribution in [-0.4, -0.2) is 19.6 Å². The molecule has 5 rings (SSSR count). The van der Waals surface area contributed by atoms with Crippen LogP contribution in [0.3, 0.4) is 0 Å². The number of hydrogen-bond donors (Lipinski definition) is 0. The van der Waals surface area contributed by atoms with E-state index in [9.17, 15) is 4.39 Å². The molecule has 0 N–H and O–H groups in total. The van der Waals surface area contributed by atoms with Crippen LogP contribution in [0, 0.1) is 5.82 Å². The highest BCUT2D eigenvalue weighted by Crippen LogP contribution is 2.30. The van der Waals surface area contributed by atoms with Crippen LogP contribution < -0.4 is 0 Å². The van der Waals surface area contributed by atoms with E-state index in [1.165, 1.54) is 17.8 Å². The Balaban J connectivity index is 1.67. The Kier molecular flexibility index (Phi) is 3.86. The highest BCUT2D eigenvalue weighted by atomic mass is 32.2. The zero-order valence-corrected chi connectivity index (χ0v) is 14.9. The topological polar surface area (TPSA) is 56.2 Å². The highest BCUT2D eigenvalue weighted by Gasteiger charge is 2.18. The van der Waals surface area contributed by atoms with Gasteiger partial charge in [0.05, 0.1) is 11.8 Å². The number of furan rings is 1. The van der Waals surface area contributed by atoms with Gasteiger partial charge in [0.25, 0.3) is 0 Å². The van der Waals surface area contributed by atoms with Crippen LogP contribution in [0.4, 0.5) is 4.39 Å². The Morgan fingerprint density at radius 2 is 1.81 bits per heavy atom. The third-order valence-electron chi connectivity index (χ3n) is 4.27. The first kappa shape index (κ1) is 16.0. The Hall–Kier alpha value is -3.19. The summed E-state index contributed by atoms with van der Waals surface area (Å²) in [6, 6.07) is 18.2. The van der Waals surface area contributed by atoms with Crippen LogP contribution in [0.15, 0.2) is 76.5 Å². The molecule has 0 bridgehead atoms. The molecule has 3 heterocycles. The van der Waals surface area contributed by atoms with E-state index < -0.39 is 0 Å². The summed E-state index contributed by atoms with van der Waals surface area (Å²) in [4.78, 5) is 4.75. The van der Waals surface area contributed by atoms with E-state index in [4.69, 9.17) is 9.40 Å². The largest absolute Gasteiger partial charge is 0.461 e. The molecule has 132 valence electrons. The number of hydrogen-bond acceptors (Lipinski definition) is 5. The second kappa shape index (κ2) is 6.51. The second-order valence-electron chi connectivity index (χ2n) is 5.95. The lowest BCUT2D eigenvalue weighted by Crippen LogP contribution is -1.99. The fraction of sp³-hybridized carbons (Fsp3) is 0.0500. The van der Waals surface area contributed by atoms with Gasteiger partial charge >= 0.3 is 0 Å². The number of halogens is 1. The van der Waals surface area contributed by atoms with Gasteiger partial charge in [-0.3, -0.25) is 4.40 Å². The van der Waals surface area contributed by atoms with Crippen molar-refractivity contribution in [1.29, 1.82) is 0 Å². The van der Waals surface area contributed by atoms with Crippen LogP contribution in [0.1, 0.15) is 5.56 Å². The zero-order chi connectivity index (χ0) is 18.2. The minimum atomic E-state index is -0.228. The van der Waals surface area contributed by atoms with Crippen molar-refractivity contribution in [3.63, 3.8) is 0 Å². The molecular formula is C20H13FN4OS. The van der Waals surface area contributed by atoms with Gasteiger partial charge in [-0.2, -0.15) is 0 Å². The molecule has 0 aliphatic carbocycles. The predicted molar refractivity (Wildman–Crippen MR) is 102 cm³/mol. The molecule has 0 unspecified atom stereocenters. The third-order valence-corrected chi connectivity index (χ3v) is 5.25. The lowest BCUT2D eigenvalue weighted by Gasteiger charge is -2.08. The maximum Gasteiger partial charge on any atom is 0.197 e. The number of para-hydroxylation sites is 1. The van der Waals surface area contributed by atoms with Gasteiger partial charge in [0.2, 0.25) is 0 Å². The van der Waals surface area contributed by atoms with Gasteiger partial charge in [0, 0.05) is 11.1 Å². The molecule has 0 radical (unpaired) electrons. The number of thioether (sulfide) groups is 1. The average Bonchev–Trinajstić information content (AvgIpc) is 3.37. The minimum absolute atomic E-state index is 0.228. The summed E-state index contributed by atoms with van der Waals surface area (Å²) in [5, 5.41) is 10.2. The van der Waals surface area contributed by atoms with Crippen LogP contribution in [0.2, 0.25) is 0 Å². The minimum Gasteiger partial charge on any atom is -0.461 e. The molecule has 27 heavy (non-hydrogen) atoms. The van der Waals surface area contributed by atoms with E-state index in [2.05, 4.69) is 10.2 Å². The molecule has 0 spiro atoms. The number of benzene rings is 2. The summed E-state index contributed by atoms with van der Waals surface area (Å²) < 4.78 is 21.4. The van der Waals surface area contributed by atoms with Crippen molar-refractivity contribution in [1.82, 2.24) is 19.6 Å². The normalized spacial score (nSPS) is 11.4. The second-order valence-corrected chi connectivity index (χ2v) is 6.89. The summed E-state index contributed by atoms with van der Waals surface area (Å²) >= 11 is 1.41. The maximum absolute atomic E-state index is 14.0. The Bertz CT molecular complexity index is 1250. The molecule has 7 heteroatoms. The van der Waals surface area contributed by atoms with E-state index in [1.807, 2.05) is 46.9 Å². The molecule has 5 aromatic rings. The van der Waals surface area contributed by atoms with Gasteiger partial charge in [-0.25, -0.2) is 9.37 Å². The molecule has 0 aliphatic heterocycles. The number of aromatic nitrogens is 4. The third kappa shape index (κ3) is 2.76. The molecule has 5 nitrogen and oxygen atoms in total. The molecule has 0 aliphatic rings. The molecule has 0 fully saturated rings. The molecule has 0 saturated heterocycles. The van der Waals surface area contributed by atoms with Crippen LogP contribution >= 0.6 is 11.8 Å². The van der Waals surface area contributed by atoms with E-state index in [-0.39, 0.29) is 5.82 Å². The van der Waals surface area contributed by atoms with E-state index in [0.29, 0.717) is 33.7 Å². The first-order chi connectivity index (χ1) is 13.3. The van der Waals surface area contributed by atoms with Crippen molar-refractivity contribution in [2.24, 2.45) is 0 Å². The SMILES string of the molecule is Fc1ccccc1CSc1nnc2c3ccccc3nc(-c3ccco3)n12. The van der Waals surface area contributed by atoms with Crippen molar-refractivity contribution < 1.29 is 8.81 Å². The molecule has 0 saturated carbocycles. The van der Waals surface area contributed by atoms with Crippen molar-refractivity contribution >= 4 is 28.3 Å². The predicted octanol–water partition coefficient (Wildman–Crippen LogP) is 4.97. The van der Waals surface area contributed by atoms with E-state index in [1.54, 1.807) is 18.4 Å². The van der Waals surface area contributed by atoms with E-state index in [0.717, 1.165) is 10.9 Å². The molecule has 3 aromatic heterocycles. The summed E-state index contributed by atoms with van der Waals surface area (Å²) in [6.45, 7) is 0. The highest BCUT2D eigenvalue weighted by molar-refractivity contribution is 7.98. The van der Waals surface area contributed by atoms with Gasteiger partial charge in [0.15, 0.2) is 22.4 Å². The Labute approximate surface area is 157 Å². The van der Waals surface area contributed by atoms with Gasteiger partial charge in [-0.1, -0.05) is 42.1 Å². The number of fused-ring (bicyclic) bond motifs is 3. The Morgan fingerprint density at radius 1 is 0.963 bits per heavy atom. The quantitative estimate of drug-likeness (QED) is 0.415. The molecule has 0 atom stereocenters. The fourth-order valence-electron chi connectivity index (χ4n) is 2.98. The summed E-state index contributed by atoms with van der Waals surface area (Å²) in [6.07, 6.45) is 1.61. The van der Waals surface area contributed by atoms with Crippen molar-refractivity contribution in [2.45, 2.75) is 10.9 Å². The van der Waals surface area contributed by atoms with E-state index >= 15 is 0 Å². The first-order valence-electron chi connectivity index (χ1n) is 8.35. The number of rotatable bonds is 4. The maximum atomic E-state index is 14.0. The number of nitrogens with zero attached hydrogens (tertiary/aromatic N) is 4. The van der Waals surface area contributed by atoms with Gasteiger partial charge in [-0.15, -0.1) is 10.2 Å². The van der Waals surface area contributed by atoms with Gasteiger partial charge in [0.1, 0.15) is 5.82 Å². The van der Waals surface area contributed by atoms with Crippen molar-refractivity contribution in [3.05, 3.63) is 78.3 Å². The van der Waals surface area contributed by atoms with Crippen LogP contribution in [-0.2, 0) is 5.75 Å². The lowest BCUT2D eigenvalue weighted by atomic mass is 10.2. The fourth-order valence-corrected chi connectivity index (χ4v) is 3.90. The summed E-state index contributed by atoms with van der Waals surface area (Å²) in [7, 11) is 0. The van der Waals surface area contributed by atoms with Crippen molar-refractivity contribution in [2.75, 3.05) is 0 Å².